The van der Waals surface area contributed by atoms with Crippen LogP contribution in [-0.2, 0) is 4.79 Å². The maximum absolute atomic E-state index is 14.6. The number of carbonyl (C=O) groups is 1. The van der Waals surface area contributed by atoms with E-state index in [-0.39, 0.29) is 5.56 Å². The molecule has 2 fully saturated rings. The molecule has 0 bridgehead atoms. The highest BCUT2D eigenvalue weighted by molar-refractivity contribution is 5.64. The Kier molecular flexibility index (Phi) is 7.11. The first kappa shape index (κ1) is 23.7. The van der Waals surface area contributed by atoms with Crippen molar-refractivity contribution in [1.82, 2.24) is 29.4 Å². The zero-order valence-corrected chi connectivity index (χ0v) is 19.7. The van der Waals surface area contributed by atoms with E-state index in [2.05, 4.69) is 26.0 Å². The topological polar surface area (TPSA) is 109 Å². The molecule has 182 valence electrons. The number of rotatable bonds is 6. The van der Waals surface area contributed by atoms with E-state index in [0.29, 0.717) is 36.2 Å². The minimum Gasteiger partial charge on any atom is -0.373 e. The van der Waals surface area contributed by atoms with E-state index in [0.717, 1.165) is 24.3 Å². The molecule has 2 unspecified atom stereocenters. The summed E-state index contributed by atoms with van der Waals surface area (Å²) in [6.45, 7) is 3.02. The lowest BCUT2D eigenvalue weighted by Crippen LogP contribution is -2.43. The minimum atomic E-state index is -1.08. The molecule has 1 saturated carbocycles. The van der Waals surface area contributed by atoms with Gasteiger partial charge in [-0.1, -0.05) is 0 Å². The Morgan fingerprint density at radius 2 is 2.06 bits per heavy atom. The van der Waals surface area contributed by atoms with Crippen molar-refractivity contribution in [2.45, 2.75) is 44.4 Å². The lowest BCUT2D eigenvalue weighted by atomic mass is 10.0. The number of aromatic nitrogens is 4. The Morgan fingerprint density at radius 1 is 1.26 bits per heavy atom. The number of pyridine rings is 1. The SMILES string of the molecule is CNc1cc(Nc2cccn(C3CCN(C)CC3F)c2=O)nc2c(C)cnn12.O=CNC1CC1. The summed E-state index contributed by atoms with van der Waals surface area (Å²) in [4.78, 5) is 29.1. The van der Waals surface area contributed by atoms with Crippen molar-refractivity contribution in [3.05, 3.63) is 46.5 Å². The molecule has 3 N–H and O–H groups in total. The summed E-state index contributed by atoms with van der Waals surface area (Å²) in [5.74, 6) is 1.27. The van der Waals surface area contributed by atoms with Crippen LogP contribution >= 0.6 is 0 Å². The van der Waals surface area contributed by atoms with Gasteiger partial charge in [0.1, 0.15) is 23.5 Å². The Balaban J connectivity index is 0.000000398. The summed E-state index contributed by atoms with van der Waals surface area (Å²) >= 11 is 0. The number of alkyl halides is 1. The van der Waals surface area contributed by atoms with E-state index in [9.17, 15) is 14.0 Å². The second-order valence-corrected chi connectivity index (χ2v) is 8.79. The molecule has 3 aromatic heterocycles. The maximum Gasteiger partial charge on any atom is 0.274 e. The average Bonchev–Trinajstić information content (AvgIpc) is 3.57. The number of nitrogens with one attached hydrogen (secondary N) is 3. The summed E-state index contributed by atoms with van der Waals surface area (Å²) in [6.07, 6.45) is 6.04. The van der Waals surface area contributed by atoms with Gasteiger partial charge in [-0.2, -0.15) is 9.61 Å². The Hall–Kier alpha value is -3.47. The summed E-state index contributed by atoms with van der Waals surface area (Å²) in [5.41, 5.74) is 1.74. The van der Waals surface area contributed by atoms with E-state index < -0.39 is 12.2 Å². The highest BCUT2D eigenvalue weighted by Crippen LogP contribution is 2.25. The van der Waals surface area contributed by atoms with E-state index in [1.165, 1.54) is 17.4 Å². The molecule has 5 rings (SSSR count). The van der Waals surface area contributed by atoms with Crippen LogP contribution in [0.25, 0.3) is 5.65 Å². The van der Waals surface area contributed by atoms with Gasteiger partial charge in [-0.05, 0) is 45.4 Å². The molecule has 0 spiro atoms. The number of likely N-dealkylation sites (tertiary alicyclic amines) is 1. The van der Waals surface area contributed by atoms with E-state index >= 15 is 0 Å². The number of anilines is 3. The van der Waals surface area contributed by atoms with E-state index in [1.54, 1.807) is 42.2 Å². The van der Waals surface area contributed by atoms with Crippen LogP contribution in [0.2, 0.25) is 0 Å². The van der Waals surface area contributed by atoms with Gasteiger partial charge in [0.2, 0.25) is 6.41 Å². The highest BCUT2D eigenvalue weighted by Gasteiger charge is 2.29. The predicted octanol–water partition coefficient (Wildman–Crippen LogP) is 2.09. The van der Waals surface area contributed by atoms with Crippen molar-refractivity contribution in [2.24, 2.45) is 0 Å². The lowest BCUT2D eigenvalue weighted by molar-refractivity contribution is -0.109. The van der Waals surface area contributed by atoms with Crippen LogP contribution in [0.4, 0.5) is 21.7 Å². The van der Waals surface area contributed by atoms with Crippen molar-refractivity contribution in [3.63, 3.8) is 0 Å². The van der Waals surface area contributed by atoms with Gasteiger partial charge in [0.05, 0.1) is 12.2 Å². The standard InChI is InChI=1S/C19H24FN7O.C4H7NO/c1-12-10-22-27-17(21-2)9-16(24-18(12)27)23-14-5-4-7-26(19(14)28)15-6-8-25(3)11-13(15)20;6-3-5-4-1-2-4/h4-5,7,9-10,13,15,21H,6,8,11H2,1-3H3,(H,23,24);3-4H,1-2H2,(H,5,6). The van der Waals surface area contributed by atoms with Gasteiger partial charge >= 0.3 is 0 Å². The molecule has 3 aromatic rings. The molecule has 2 atom stereocenters. The van der Waals surface area contributed by atoms with Crippen LogP contribution in [0.3, 0.4) is 0 Å². The first-order valence-corrected chi connectivity index (χ1v) is 11.4. The summed E-state index contributed by atoms with van der Waals surface area (Å²) in [7, 11) is 3.69. The molecule has 4 heterocycles. The van der Waals surface area contributed by atoms with Crippen LogP contribution < -0.4 is 21.5 Å². The van der Waals surface area contributed by atoms with E-state index in [4.69, 9.17) is 0 Å². The third-order valence-corrected chi connectivity index (χ3v) is 6.09. The van der Waals surface area contributed by atoms with Crippen LogP contribution in [0.15, 0.2) is 35.4 Å². The minimum absolute atomic E-state index is 0.252. The van der Waals surface area contributed by atoms with Gasteiger partial charge in [-0.15, -0.1) is 0 Å². The maximum atomic E-state index is 14.6. The van der Waals surface area contributed by atoms with Gasteiger partial charge in [-0.25, -0.2) is 9.37 Å². The van der Waals surface area contributed by atoms with Crippen molar-refractivity contribution in [3.8, 4) is 0 Å². The van der Waals surface area contributed by atoms with Crippen molar-refractivity contribution in [2.75, 3.05) is 37.8 Å². The van der Waals surface area contributed by atoms with Gasteiger partial charge < -0.3 is 25.4 Å². The largest absolute Gasteiger partial charge is 0.373 e. The van der Waals surface area contributed by atoms with Crippen LogP contribution in [0, 0.1) is 6.92 Å². The summed E-state index contributed by atoms with van der Waals surface area (Å²) in [5, 5.41) is 13.1. The van der Waals surface area contributed by atoms with Crippen LogP contribution in [-0.4, -0.2) is 69.9 Å². The number of aryl methyl sites for hydroxylation is 1. The Labute approximate surface area is 197 Å². The molecule has 11 heteroatoms. The molecule has 1 aliphatic carbocycles. The number of amides is 1. The molecular weight excluding hydrogens is 439 g/mol. The molecule has 1 saturated heterocycles. The number of nitrogens with zero attached hydrogens (tertiary/aromatic N) is 5. The quantitative estimate of drug-likeness (QED) is 0.474. The van der Waals surface area contributed by atoms with Crippen LogP contribution in [0.1, 0.15) is 30.9 Å². The zero-order chi connectivity index (χ0) is 24.2. The lowest BCUT2D eigenvalue weighted by Gasteiger charge is -2.33. The normalized spacial score (nSPS) is 20.4. The second-order valence-electron chi connectivity index (χ2n) is 8.79. The third kappa shape index (κ3) is 5.19. The van der Waals surface area contributed by atoms with Gasteiger partial charge in [0.25, 0.3) is 5.56 Å². The van der Waals surface area contributed by atoms with E-state index in [1.807, 2.05) is 18.9 Å². The molecule has 0 aromatic carbocycles. The van der Waals surface area contributed by atoms with Gasteiger partial charge in [0.15, 0.2) is 5.65 Å². The molecule has 1 amide bonds. The second kappa shape index (κ2) is 10.2. The van der Waals surface area contributed by atoms with Crippen LogP contribution in [0.5, 0.6) is 0 Å². The molecular formula is C23H31FN8O2. The molecule has 34 heavy (non-hydrogen) atoms. The number of piperidine rings is 1. The fraction of sp³-hybridized carbons (Fsp3) is 0.478. The monoisotopic (exact) mass is 470 g/mol. The Morgan fingerprint density at radius 3 is 2.71 bits per heavy atom. The summed E-state index contributed by atoms with van der Waals surface area (Å²) in [6, 6.07) is 5.31. The summed E-state index contributed by atoms with van der Waals surface area (Å²) < 4.78 is 17.8. The molecule has 10 nitrogen and oxygen atoms in total. The Bertz CT molecular complexity index is 1210. The number of carbonyl (C=O) groups excluding carboxylic acids is 1. The smallest absolute Gasteiger partial charge is 0.274 e. The first-order valence-electron chi connectivity index (χ1n) is 11.4. The van der Waals surface area contributed by atoms with Crippen molar-refractivity contribution in [1.29, 1.82) is 0 Å². The van der Waals surface area contributed by atoms with Gasteiger partial charge in [0, 0.05) is 44.0 Å². The number of hydrogen-bond acceptors (Lipinski definition) is 7. The molecule has 0 radical (unpaired) electrons. The highest BCUT2D eigenvalue weighted by atomic mass is 19.1. The first-order chi connectivity index (χ1) is 16.4. The fourth-order valence-corrected chi connectivity index (χ4v) is 4.02. The third-order valence-electron chi connectivity index (χ3n) is 6.09. The average molecular weight is 471 g/mol. The van der Waals surface area contributed by atoms with Crippen molar-refractivity contribution < 1.29 is 9.18 Å². The number of hydrogen-bond donors (Lipinski definition) is 3. The zero-order valence-electron chi connectivity index (χ0n) is 19.7. The number of fused-ring (bicyclic) bond motifs is 1. The van der Waals surface area contributed by atoms with Gasteiger partial charge in [-0.3, -0.25) is 9.59 Å². The predicted molar refractivity (Wildman–Crippen MR) is 130 cm³/mol. The fourth-order valence-electron chi connectivity index (χ4n) is 4.02. The molecule has 1 aliphatic heterocycles. The van der Waals surface area contributed by atoms with Crippen molar-refractivity contribution >= 4 is 29.4 Å². The number of halogens is 1. The molecule has 2 aliphatic rings.